The first-order valence-corrected chi connectivity index (χ1v) is 9.38. The van der Waals surface area contributed by atoms with Crippen molar-refractivity contribution in [2.75, 3.05) is 24.5 Å². The minimum Gasteiger partial charge on any atom is -0.342 e. The van der Waals surface area contributed by atoms with Crippen LogP contribution in [0.4, 0.5) is 5.69 Å². The van der Waals surface area contributed by atoms with Crippen molar-refractivity contribution >= 4 is 45.8 Å². The van der Waals surface area contributed by atoms with Crippen molar-refractivity contribution < 1.29 is 9.59 Å². The summed E-state index contributed by atoms with van der Waals surface area (Å²) in [6.45, 7) is 3.99. The highest BCUT2D eigenvalue weighted by Gasteiger charge is 2.41. The molecule has 1 aromatic rings. The molecule has 0 bridgehead atoms. The number of nitrogens with two attached hydrogens (primary N) is 1. The Hall–Kier alpha value is -1.11. The minimum atomic E-state index is -0.552. The number of amides is 2. The van der Waals surface area contributed by atoms with Crippen molar-refractivity contribution in [2.45, 2.75) is 32.2 Å². The van der Waals surface area contributed by atoms with Crippen LogP contribution in [0.15, 0.2) is 28.7 Å². The van der Waals surface area contributed by atoms with E-state index in [0.717, 1.165) is 29.5 Å². The van der Waals surface area contributed by atoms with Crippen LogP contribution in [0.3, 0.4) is 0 Å². The van der Waals surface area contributed by atoms with Gasteiger partial charge in [-0.25, -0.2) is 0 Å². The Balaban J connectivity index is 0.00000225. The predicted octanol–water partition coefficient (Wildman–Crippen LogP) is 2.81. The molecule has 2 N–H and O–H groups in total. The van der Waals surface area contributed by atoms with Crippen LogP contribution in [0.2, 0.25) is 0 Å². The minimum absolute atomic E-state index is 0. The number of likely N-dealkylation sites (tertiary alicyclic amines) is 1. The second kappa shape index (κ2) is 8.52. The maximum Gasteiger partial charge on any atom is 0.239 e. The van der Waals surface area contributed by atoms with Crippen molar-refractivity contribution in [1.82, 2.24) is 4.90 Å². The quantitative estimate of drug-likeness (QED) is 0.750. The normalized spacial score (nSPS) is 24.8. The van der Waals surface area contributed by atoms with E-state index in [1.807, 2.05) is 36.1 Å². The zero-order valence-corrected chi connectivity index (χ0v) is 16.8. The Morgan fingerprint density at radius 3 is 2.68 bits per heavy atom. The molecular formula is C18H25BrClN3O2. The summed E-state index contributed by atoms with van der Waals surface area (Å²) in [4.78, 5) is 29.2. The number of hydrogen-bond acceptors (Lipinski definition) is 3. The monoisotopic (exact) mass is 429 g/mol. The molecule has 2 aliphatic heterocycles. The lowest BCUT2D eigenvalue weighted by atomic mass is 9.91. The molecule has 3 atom stereocenters. The molecule has 3 unspecified atom stereocenters. The average Bonchev–Trinajstić information content (AvgIpc) is 2.96. The fourth-order valence-corrected chi connectivity index (χ4v) is 4.18. The van der Waals surface area contributed by atoms with E-state index in [1.54, 1.807) is 4.90 Å². The highest BCUT2D eigenvalue weighted by atomic mass is 79.9. The smallest absolute Gasteiger partial charge is 0.239 e. The Bertz CT molecular complexity index is 641. The number of nitrogens with zero attached hydrogens (tertiary/aromatic N) is 2. The highest BCUT2D eigenvalue weighted by molar-refractivity contribution is 9.10. The first-order chi connectivity index (χ1) is 11.5. The molecule has 25 heavy (non-hydrogen) atoms. The van der Waals surface area contributed by atoms with Crippen molar-refractivity contribution in [3.63, 3.8) is 0 Å². The van der Waals surface area contributed by atoms with Gasteiger partial charge in [0.2, 0.25) is 11.8 Å². The fraction of sp³-hybridized carbons (Fsp3) is 0.556. The van der Waals surface area contributed by atoms with Crippen LogP contribution < -0.4 is 10.6 Å². The van der Waals surface area contributed by atoms with E-state index in [4.69, 9.17) is 5.73 Å². The zero-order chi connectivity index (χ0) is 17.3. The molecule has 1 aromatic carbocycles. The third-order valence-corrected chi connectivity index (χ3v) is 5.83. The van der Waals surface area contributed by atoms with E-state index in [2.05, 4.69) is 15.9 Å². The van der Waals surface area contributed by atoms with Crippen LogP contribution in [-0.4, -0.2) is 42.4 Å². The van der Waals surface area contributed by atoms with Gasteiger partial charge in [-0.05, 0) is 60.2 Å². The van der Waals surface area contributed by atoms with E-state index >= 15 is 0 Å². The number of para-hydroxylation sites is 1. The van der Waals surface area contributed by atoms with Crippen molar-refractivity contribution in [1.29, 1.82) is 0 Å². The molecule has 2 aliphatic rings. The third-order valence-electron chi connectivity index (χ3n) is 5.16. The lowest BCUT2D eigenvalue weighted by Gasteiger charge is -2.35. The van der Waals surface area contributed by atoms with Gasteiger partial charge in [-0.2, -0.15) is 0 Å². The predicted molar refractivity (Wildman–Crippen MR) is 105 cm³/mol. The molecule has 0 aliphatic carbocycles. The van der Waals surface area contributed by atoms with E-state index in [9.17, 15) is 9.59 Å². The number of carbonyl (C=O) groups is 2. The molecular weight excluding hydrogens is 406 g/mol. The number of carbonyl (C=O) groups excluding carboxylic acids is 2. The molecule has 5 nitrogen and oxygen atoms in total. The maximum absolute atomic E-state index is 12.9. The standard InChI is InChI=1S/C18H24BrN3O2.ClH/c1-12(20)13-5-4-9-21(11-13)17(23)14-8-10-22(18(14)24)16-7-3-2-6-15(16)19;/h2-3,6-7,12-14H,4-5,8-11,20H2,1H3;1H. The fourth-order valence-electron chi connectivity index (χ4n) is 3.68. The largest absolute Gasteiger partial charge is 0.342 e. The summed E-state index contributed by atoms with van der Waals surface area (Å²) in [6, 6.07) is 7.72. The topological polar surface area (TPSA) is 66.6 Å². The van der Waals surface area contributed by atoms with Gasteiger partial charge in [0, 0.05) is 30.1 Å². The number of anilines is 1. The van der Waals surface area contributed by atoms with Crippen molar-refractivity contribution in [3.8, 4) is 0 Å². The first-order valence-electron chi connectivity index (χ1n) is 8.59. The number of benzene rings is 1. The second-order valence-electron chi connectivity index (χ2n) is 6.83. The van der Waals surface area contributed by atoms with E-state index in [-0.39, 0.29) is 30.3 Å². The van der Waals surface area contributed by atoms with E-state index < -0.39 is 5.92 Å². The SMILES string of the molecule is CC(N)C1CCCN(C(=O)C2CCN(c3ccccc3Br)C2=O)C1.Cl. The van der Waals surface area contributed by atoms with Crippen LogP contribution in [0.25, 0.3) is 0 Å². The lowest BCUT2D eigenvalue weighted by Crippen LogP contribution is -2.48. The molecule has 0 aromatic heterocycles. The highest BCUT2D eigenvalue weighted by Crippen LogP contribution is 2.32. The molecule has 0 radical (unpaired) electrons. The molecule has 7 heteroatoms. The molecule has 2 saturated heterocycles. The summed E-state index contributed by atoms with van der Waals surface area (Å²) in [5, 5.41) is 0. The van der Waals surface area contributed by atoms with E-state index in [1.165, 1.54) is 0 Å². The molecule has 0 saturated carbocycles. The molecule has 0 spiro atoms. The van der Waals surface area contributed by atoms with Gasteiger partial charge in [0.25, 0.3) is 0 Å². The van der Waals surface area contributed by atoms with E-state index in [0.29, 0.717) is 25.4 Å². The average molecular weight is 431 g/mol. The Kier molecular flexibility index (Phi) is 6.88. The van der Waals surface area contributed by atoms with Crippen LogP contribution in [-0.2, 0) is 9.59 Å². The van der Waals surface area contributed by atoms with Crippen LogP contribution in [0.1, 0.15) is 26.2 Å². The zero-order valence-electron chi connectivity index (χ0n) is 14.4. The summed E-state index contributed by atoms with van der Waals surface area (Å²) in [5.74, 6) is -0.336. The maximum atomic E-state index is 12.9. The molecule has 2 amide bonds. The summed E-state index contributed by atoms with van der Waals surface area (Å²) in [5.41, 5.74) is 6.84. The molecule has 138 valence electrons. The third kappa shape index (κ3) is 4.18. The molecule has 2 fully saturated rings. The molecule has 2 heterocycles. The Morgan fingerprint density at radius 2 is 2.00 bits per heavy atom. The summed E-state index contributed by atoms with van der Waals surface area (Å²) >= 11 is 3.49. The number of halogens is 2. The second-order valence-corrected chi connectivity index (χ2v) is 7.68. The van der Waals surface area contributed by atoms with Gasteiger partial charge in [0.1, 0.15) is 5.92 Å². The number of hydrogen-bond donors (Lipinski definition) is 1. The summed E-state index contributed by atoms with van der Waals surface area (Å²) in [7, 11) is 0. The van der Waals surface area contributed by atoms with Gasteiger partial charge in [0.15, 0.2) is 0 Å². The lowest BCUT2D eigenvalue weighted by molar-refractivity contribution is -0.141. The van der Waals surface area contributed by atoms with Gasteiger partial charge in [0.05, 0.1) is 5.69 Å². The Morgan fingerprint density at radius 1 is 1.28 bits per heavy atom. The van der Waals surface area contributed by atoms with Gasteiger partial charge < -0.3 is 15.5 Å². The number of piperidine rings is 1. The van der Waals surface area contributed by atoms with Crippen LogP contribution in [0.5, 0.6) is 0 Å². The van der Waals surface area contributed by atoms with Crippen molar-refractivity contribution in [2.24, 2.45) is 17.6 Å². The summed E-state index contributed by atoms with van der Waals surface area (Å²) < 4.78 is 0.876. The van der Waals surface area contributed by atoms with Crippen LogP contribution >= 0.6 is 28.3 Å². The van der Waals surface area contributed by atoms with Gasteiger partial charge in [-0.1, -0.05) is 12.1 Å². The number of rotatable bonds is 3. The first kappa shape index (κ1) is 20.2. The van der Waals surface area contributed by atoms with Gasteiger partial charge in [-0.3, -0.25) is 9.59 Å². The van der Waals surface area contributed by atoms with Gasteiger partial charge >= 0.3 is 0 Å². The van der Waals surface area contributed by atoms with Crippen LogP contribution in [0, 0.1) is 11.8 Å². The van der Waals surface area contributed by atoms with Gasteiger partial charge in [-0.15, -0.1) is 12.4 Å². The molecule has 3 rings (SSSR count). The summed E-state index contributed by atoms with van der Waals surface area (Å²) in [6.07, 6.45) is 2.61. The van der Waals surface area contributed by atoms with Crippen molar-refractivity contribution in [3.05, 3.63) is 28.7 Å². The Labute approximate surface area is 163 Å².